The summed E-state index contributed by atoms with van der Waals surface area (Å²) in [4.78, 5) is 0. The lowest BCUT2D eigenvalue weighted by Gasteiger charge is -2.23. The van der Waals surface area contributed by atoms with Crippen molar-refractivity contribution in [2.45, 2.75) is 19.8 Å². The molecule has 0 N–H and O–H groups in total. The number of hydrogen-bond acceptors (Lipinski definition) is 0. The van der Waals surface area contributed by atoms with E-state index in [1.807, 2.05) is 0 Å². The molecule has 0 heterocycles. The van der Waals surface area contributed by atoms with Crippen molar-refractivity contribution in [3.63, 3.8) is 0 Å². The molecule has 1 unspecified atom stereocenters. The molecule has 0 bridgehead atoms. The standard InChI is InChI=1S/C12H14/c1-9-7-8-11-5-3-4-6-12(11)10(9)2/h3-6,9H,2,7-8H2,1H3. The average molecular weight is 158 g/mol. The summed E-state index contributed by atoms with van der Waals surface area (Å²) < 4.78 is 0. The highest BCUT2D eigenvalue weighted by molar-refractivity contribution is 5.69. The molecule has 1 aromatic carbocycles. The summed E-state index contributed by atoms with van der Waals surface area (Å²) in [6.45, 7) is 6.40. The Kier molecular flexibility index (Phi) is 1.76. The number of aryl methyl sites for hydroxylation is 1. The van der Waals surface area contributed by atoms with Gasteiger partial charge in [0.05, 0.1) is 0 Å². The molecule has 0 aromatic heterocycles. The molecule has 1 atom stereocenters. The number of benzene rings is 1. The number of fused-ring (bicyclic) bond motifs is 1. The largest absolute Gasteiger partial charge is 0.0950 e. The molecule has 0 aliphatic heterocycles. The summed E-state index contributed by atoms with van der Waals surface area (Å²) in [6, 6.07) is 8.61. The van der Waals surface area contributed by atoms with Gasteiger partial charge >= 0.3 is 0 Å². The van der Waals surface area contributed by atoms with Gasteiger partial charge in [-0.15, -0.1) is 0 Å². The third kappa shape index (κ3) is 1.08. The van der Waals surface area contributed by atoms with E-state index >= 15 is 0 Å². The molecule has 0 saturated heterocycles. The Labute approximate surface area is 73.9 Å². The van der Waals surface area contributed by atoms with Crippen LogP contribution in [0.3, 0.4) is 0 Å². The second-order valence-corrected chi connectivity index (χ2v) is 3.62. The predicted octanol–water partition coefficient (Wildman–Crippen LogP) is 3.28. The van der Waals surface area contributed by atoms with Gasteiger partial charge in [-0.1, -0.05) is 37.8 Å². The van der Waals surface area contributed by atoms with Crippen LogP contribution in [0, 0.1) is 5.92 Å². The van der Waals surface area contributed by atoms with Gasteiger partial charge in [0, 0.05) is 0 Å². The summed E-state index contributed by atoms with van der Waals surface area (Å²) >= 11 is 0. The lowest BCUT2D eigenvalue weighted by atomic mass is 9.81. The molecular weight excluding hydrogens is 144 g/mol. The van der Waals surface area contributed by atoms with Crippen molar-refractivity contribution >= 4 is 5.57 Å². The fraction of sp³-hybridized carbons (Fsp3) is 0.333. The maximum Gasteiger partial charge on any atom is -0.0187 e. The van der Waals surface area contributed by atoms with Crippen LogP contribution in [-0.2, 0) is 6.42 Å². The van der Waals surface area contributed by atoms with Crippen molar-refractivity contribution in [1.29, 1.82) is 0 Å². The quantitative estimate of drug-likeness (QED) is 0.543. The molecule has 0 radical (unpaired) electrons. The molecule has 0 amide bonds. The third-order valence-electron chi connectivity index (χ3n) is 2.80. The Morgan fingerprint density at radius 3 is 2.92 bits per heavy atom. The van der Waals surface area contributed by atoms with E-state index in [9.17, 15) is 0 Å². The van der Waals surface area contributed by atoms with Crippen molar-refractivity contribution < 1.29 is 0 Å². The highest BCUT2D eigenvalue weighted by Gasteiger charge is 2.17. The lowest BCUT2D eigenvalue weighted by Crippen LogP contribution is -2.08. The van der Waals surface area contributed by atoms with Crippen molar-refractivity contribution in [2.75, 3.05) is 0 Å². The third-order valence-corrected chi connectivity index (χ3v) is 2.80. The van der Waals surface area contributed by atoms with Gasteiger partial charge in [-0.05, 0) is 35.5 Å². The van der Waals surface area contributed by atoms with E-state index in [1.165, 1.54) is 29.5 Å². The fourth-order valence-electron chi connectivity index (χ4n) is 1.86. The second kappa shape index (κ2) is 2.78. The van der Waals surface area contributed by atoms with Gasteiger partial charge in [0.2, 0.25) is 0 Å². The Morgan fingerprint density at radius 2 is 2.08 bits per heavy atom. The summed E-state index contributed by atoms with van der Waals surface area (Å²) in [5.74, 6) is 0.667. The molecule has 0 spiro atoms. The summed E-state index contributed by atoms with van der Waals surface area (Å²) in [5, 5.41) is 0. The molecular formula is C12H14. The average Bonchev–Trinajstić information content (AvgIpc) is 2.12. The molecule has 0 fully saturated rings. The van der Waals surface area contributed by atoms with Crippen molar-refractivity contribution in [3.05, 3.63) is 42.0 Å². The molecule has 62 valence electrons. The van der Waals surface area contributed by atoms with Crippen LogP contribution in [0.2, 0.25) is 0 Å². The zero-order chi connectivity index (χ0) is 8.55. The van der Waals surface area contributed by atoms with E-state index in [0.717, 1.165) is 0 Å². The smallest absolute Gasteiger partial charge is 0.0187 e. The highest BCUT2D eigenvalue weighted by atomic mass is 14.2. The molecule has 1 aromatic rings. The zero-order valence-electron chi connectivity index (χ0n) is 7.51. The molecule has 0 saturated carbocycles. The van der Waals surface area contributed by atoms with E-state index in [-0.39, 0.29) is 0 Å². The van der Waals surface area contributed by atoms with E-state index in [0.29, 0.717) is 5.92 Å². The summed E-state index contributed by atoms with van der Waals surface area (Å²) in [5.41, 5.74) is 4.17. The fourth-order valence-corrected chi connectivity index (χ4v) is 1.86. The first-order valence-corrected chi connectivity index (χ1v) is 4.56. The van der Waals surface area contributed by atoms with Crippen molar-refractivity contribution in [3.8, 4) is 0 Å². The molecule has 1 aliphatic carbocycles. The van der Waals surface area contributed by atoms with Crippen molar-refractivity contribution in [1.82, 2.24) is 0 Å². The van der Waals surface area contributed by atoms with E-state index in [2.05, 4.69) is 37.8 Å². The van der Waals surface area contributed by atoms with Crippen LogP contribution in [-0.4, -0.2) is 0 Å². The second-order valence-electron chi connectivity index (χ2n) is 3.62. The monoisotopic (exact) mass is 158 g/mol. The Balaban J connectivity index is 2.49. The summed E-state index contributed by atoms with van der Waals surface area (Å²) in [7, 11) is 0. The van der Waals surface area contributed by atoms with Crippen molar-refractivity contribution in [2.24, 2.45) is 5.92 Å². The Bertz CT molecular complexity index is 310. The van der Waals surface area contributed by atoms with Gasteiger partial charge in [-0.2, -0.15) is 0 Å². The summed E-state index contributed by atoms with van der Waals surface area (Å²) in [6.07, 6.45) is 2.48. The van der Waals surface area contributed by atoms with Gasteiger partial charge in [0.1, 0.15) is 0 Å². The molecule has 2 rings (SSSR count). The Morgan fingerprint density at radius 1 is 1.33 bits per heavy atom. The van der Waals surface area contributed by atoms with E-state index < -0.39 is 0 Å². The molecule has 1 aliphatic rings. The minimum Gasteiger partial charge on any atom is -0.0950 e. The Hall–Kier alpha value is -1.04. The van der Waals surface area contributed by atoms with Gasteiger partial charge < -0.3 is 0 Å². The zero-order valence-corrected chi connectivity index (χ0v) is 7.51. The van der Waals surface area contributed by atoms with Gasteiger partial charge in [-0.25, -0.2) is 0 Å². The molecule has 0 nitrogen and oxygen atoms in total. The van der Waals surface area contributed by atoms with E-state index in [1.54, 1.807) is 0 Å². The van der Waals surface area contributed by atoms with Crippen LogP contribution < -0.4 is 0 Å². The van der Waals surface area contributed by atoms with Crippen LogP contribution in [0.5, 0.6) is 0 Å². The van der Waals surface area contributed by atoms with Gasteiger partial charge in [-0.3, -0.25) is 0 Å². The number of hydrogen-bond donors (Lipinski definition) is 0. The first-order chi connectivity index (χ1) is 5.79. The van der Waals surface area contributed by atoms with Crippen LogP contribution in [0.15, 0.2) is 30.8 Å². The number of allylic oxidation sites excluding steroid dienone is 1. The highest BCUT2D eigenvalue weighted by Crippen LogP contribution is 2.33. The molecule has 0 heteroatoms. The maximum absolute atomic E-state index is 4.14. The SMILES string of the molecule is C=C1c2ccccc2CCC1C. The molecule has 12 heavy (non-hydrogen) atoms. The number of rotatable bonds is 0. The maximum atomic E-state index is 4.14. The lowest BCUT2D eigenvalue weighted by molar-refractivity contribution is 0.644. The predicted molar refractivity (Wildman–Crippen MR) is 53.0 cm³/mol. The van der Waals surface area contributed by atoms with E-state index in [4.69, 9.17) is 0 Å². The minimum atomic E-state index is 0.667. The van der Waals surface area contributed by atoms with Crippen LogP contribution in [0.25, 0.3) is 5.57 Å². The minimum absolute atomic E-state index is 0.667. The first-order valence-electron chi connectivity index (χ1n) is 4.56. The first kappa shape index (κ1) is 7.60. The topological polar surface area (TPSA) is 0 Å². The van der Waals surface area contributed by atoms with Crippen LogP contribution in [0.4, 0.5) is 0 Å². The van der Waals surface area contributed by atoms with Crippen LogP contribution >= 0.6 is 0 Å². The van der Waals surface area contributed by atoms with Gasteiger partial charge in [0.25, 0.3) is 0 Å². The van der Waals surface area contributed by atoms with Gasteiger partial charge in [0.15, 0.2) is 0 Å². The van der Waals surface area contributed by atoms with Crippen LogP contribution in [0.1, 0.15) is 24.5 Å². The normalized spacial score (nSPS) is 22.1.